The number of hydrogen-bond acceptors (Lipinski definition) is 4. The third kappa shape index (κ3) is 3.25. The normalized spacial score (nSPS) is 12.0. The van der Waals surface area contributed by atoms with E-state index < -0.39 is 12.1 Å². The van der Waals surface area contributed by atoms with E-state index in [1.807, 2.05) is 31.1 Å². The molecule has 15 heavy (non-hydrogen) atoms. The van der Waals surface area contributed by atoms with Crippen molar-refractivity contribution in [1.82, 2.24) is 0 Å². The summed E-state index contributed by atoms with van der Waals surface area (Å²) in [6.07, 6.45) is -1.10. The Labute approximate surface area is 89.1 Å². The van der Waals surface area contributed by atoms with Gasteiger partial charge in [-0.3, -0.25) is 0 Å². The SMILES string of the molecule is CC(O)C(=O)Oc1ccc(N(C)C)cc1. The zero-order valence-electron chi connectivity index (χ0n) is 9.10. The Morgan fingerprint density at radius 2 is 1.87 bits per heavy atom. The Morgan fingerprint density at radius 3 is 2.27 bits per heavy atom. The minimum absolute atomic E-state index is 0.437. The number of esters is 1. The zero-order chi connectivity index (χ0) is 11.4. The number of rotatable bonds is 3. The second-order valence-corrected chi connectivity index (χ2v) is 3.49. The van der Waals surface area contributed by atoms with Crippen LogP contribution >= 0.6 is 0 Å². The lowest BCUT2D eigenvalue weighted by Gasteiger charge is -2.12. The van der Waals surface area contributed by atoms with Crippen LogP contribution in [0, 0.1) is 0 Å². The Bertz CT molecular complexity index is 330. The number of ether oxygens (including phenoxy) is 1. The van der Waals surface area contributed by atoms with E-state index in [2.05, 4.69) is 0 Å². The van der Waals surface area contributed by atoms with Crippen LogP contribution in [0.1, 0.15) is 6.92 Å². The predicted octanol–water partition coefficient (Wildman–Crippen LogP) is 1.04. The number of nitrogens with zero attached hydrogens (tertiary/aromatic N) is 1. The molecule has 1 N–H and O–H groups in total. The van der Waals surface area contributed by atoms with Gasteiger partial charge >= 0.3 is 5.97 Å². The van der Waals surface area contributed by atoms with E-state index in [0.717, 1.165) is 5.69 Å². The summed E-state index contributed by atoms with van der Waals surface area (Å²) in [5.74, 6) is -0.209. The van der Waals surface area contributed by atoms with Crippen molar-refractivity contribution in [1.29, 1.82) is 0 Å². The summed E-state index contributed by atoms with van der Waals surface area (Å²) in [4.78, 5) is 13.0. The van der Waals surface area contributed by atoms with E-state index in [1.54, 1.807) is 12.1 Å². The third-order valence-corrected chi connectivity index (χ3v) is 1.91. The highest BCUT2D eigenvalue weighted by Crippen LogP contribution is 2.17. The molecule has 1 unspecified atom stereocenters. The summed E-state index contributed by atoms with van der Waals surface area (Å²) < 4.78 is 4.90. The Balaban J connectivity index is 2.69. The maximum Gasteiger partial charge on any atom is 0.340 e. The Kier molecular flexibility index (Phi) is 3.68. The standard InChI is InChI=1S/C11H15NO3/c1-8(13)11(14)15-10-6-4-9(5-7-10)12(2)3/h4-8,13H,1-3H3. The summed E-state index contributed by atoms with van der Waals surface area (Å²) in [5.41, 5.74) is 1.02. The van der Waals surface area contributed by atoms with Crippen molar-refractivity contribution in [3.63, 3.8) is 0 Å². The van der Waals surface area contributed by atoms with Crippen molar-refractivity contribution in [2.45, 2.75) is 13.0 Å². The average Bonchev–Trinajstić information content (AvgIpc) is 2.18. The zero-order valence-corrected chi connectivity index (χ0v) is 9.10. The van der Waals surface area contributed by atoms with Gasteiger partial charge in [-0.15, -0.1) is 0 Å². The van der Waals surface area contributed by atoms with Crippen molar-refractivity contribution in [2.75, 3.05) is 19.0 Å². The average molecular weight is 209 g/mol. The summed E-state index contributed by atoms with van der Waals surface area (Å²) in [6.45, 7) is 1.37. The fourth-order valence-corrected chi connectivity index (χ4v) is 1.01. The van der Waals surface area contributed by atoms with Gasteiger partial charge in [-0.1, -0.05) is 0 Å². The molecule has 0 aliphatic carbocycles. The molecule has 0 aromatic heterocycles. The largest absolute Gasteiger partial charge is 0.425 e. The van der Waals surface area contributed by atoms with E-state index in [1.165, 1.54) is 6.92 Å². The molecule has 0 saturated carbocycles. The summed E-state index contributed by atoms with van der Waals surface area (Å²) in [7, 11) is 3.85. The number of anilines is 1. The first-order valence-electron chi connectivity index (χ1n) is 4.68. The van der Waals surface area contributed by atoms with Gasteiger partial charge in [0, 0.05) is 19.8 Å². The van der Waals surface area contributed by atoms with E-state index in [4.69, 9.17) is 9.84 Å². The Morgan fingerprint density at radius 1 is 1.33 bits per heavy atom. The van der Waals surface area contributed by atoms with Gasteiger partial charge in [0.1, 0.15) is 11.9 Å². The van der Waals surface area contributed by atoms with Crippen LogP contribution in [0.2, 0.25) is 0 Å². The number of benzene rings is 1. The topological polar surface area (TPSA) is 49.8 Å². The summed E-state index contributed by atoms with van der Waals surface area (Å²) >= 11 is 0. The van der Waals surface area contributed by atoms with E-state index in [9.17, 15) is 4.79 Å². The van der Waals surface area contributed by atoms with E-state index >= 15 is 0 Å². The molecule has 0 saturated heterocycles. The molecule has 0 radical (unpaired) electrons. The lowest BCUT2D eigenvalue weighted by molar-refractivity contribution is -0.142. The van der Waals surface area contributed by atoms with Gasteiger partial charge in [-0.2, -0.15) is 0 Å². The molecule has 82 valence electrons. The smallest absolute Gasteiger partial charge is 0.340 e. The number of aliphatic hydroxyl groups excluding tert-OH is 1. The molecule has 0 fully saturated rings. The minimum Gasteiger partial charge on any atom is -0.425 e. The number of carbonyl (C=O) groups excluding carboxylic acids is 1. The molecule has 0 bridgehead atoms. The van der Waals surface area contributed by atoms with Crippen LogP contribution in [0.3, 0.4) is 0 Å². The van der Waals surface area contributed by atoms with Crippen molar-refractivity contribution in [3.8, 4) is 5.75 Å². The molecule has 0 amide bonds. The maximum atomic E-state index is 11.0. The lowest BCUT2D eigenvalue weighted by Crippen LogP contribution is -2.22. The number of carbonyl (C=O) groups is 1. The maximum absolute atomic E-state index is 11.0. The van der Waals surface area contributed by atoms with Crippen LogP contribution < -0.4 is 9.64 Å². The van der Waals surface area contributed by atoms with Gasteiger partial charge in [0.2, 0.25) is 0 Å². The summed E-state index contributed by atoms with van der Waals surface area (Å²) in [5, 5.41) is 8.94. The highest BCUT2D eigenvalue weighted by atomic mass is 16.5. The molecular formula is C11H15NO3. The van der Waals surface area contributed by atoms with E-state index in [-0.39, 0.29) is 0 Å². The number of aliphatic hydroxyl groups is 1. The predicted molar refractivity (Wildman–Crippen MR) is 58.1 cm³/mol. The molecule has 0 spiro atoms. The summed E-state index contributed by atoms with van der Waals surface area (Å²) in [6, 6.07) is 7.06. The van der Waals surface area contributed by atoms with Crippen LogP contribution in [0.4, 0.5) is 5.69 Å². The molecule has 1 aromatic rings. The van der Waals surface area contributed by atoms with Crippen LogP contribution in [0.5, 0.6) is 5.75 Å². The minimum atomic E-state index is -1.10. The van der Waals surface area contributed by atoms with Crippen molar-refractivity contribution < 1.29 is 14.6 Å². The Hall–Kier alpha value is -1.55. The van der Waals surface area contributed by atoms with Gasteiger partial charge in [0.25, 0.3) is 0 Å². The second kappa shape index (κ2) is 4.79. The highest BCUT2D eigenvalue weighted by molar-refractivity contribution is 5.76. The fraction of sp³-hybridized carbons (Fsp3) is 0.364. The van der Waals surface area contributed by atoms with Crippen LogP contribution in [-0.4, -0.2) is 31.3 Å². The molecule has 4 nitrogen and oxygen atoms in total. The molecular weight excluding hydrogens is 194 g/mol. The van der Waals surface area contributed by atoms with Crippen molar-refractivity contribution in [3.05, 3.63) is 24.3 Å². The molecule has 4 heteroatoms. The number of hydrogen-bond donors (Lipinski definition) is 1. The lowest BCUT2D eigenvalue weighted by atomic mass is 10.3. The second-order valence-electron chi connectivity index (χ2n) is 3.49. The first-order chi connectivity index (χ1) is 7.00. The molecule has 0 aliphatic heterocycles. The van der Waals surface area contributed by atoms with Crippen LogP contribution in [0.25, 0.3) is 0 Å². The molecule has 1 rings (SSSR count). The van der Waals surface area contributed by atoms with Crippen molar-refractivity contribution in [2.24, 2.45) is 0 Å². The monoisotopic (exact) mass is 209 g/mol. The van der Waals surface area contributed by atoms with Gasteiger partial charge in [0.15, 0.2) is 0 Å². The highest BCUT2D eigenvalue weighted by Gasteiger charge is 2.11. The van der Waals surface area contributed by atoms with Gasteiger partial charge in [0.05, 0.1) is 0 Å². The quantitative estimate of drug-likeness (QED) is 0.597. The van der Waals surface area contributed by atoms with Gasteiger partial charge in [-0.25, -0.2) is 4.79 Å². The third-order valence-electron chi connectivity index (χ3n) is 1.91. The van der Waals surface area contributed by atoms with Gasteiger partial charge in [-0.05, 0) is 31.2 Å². The molecule has 1 atom stereocenters. The first kappa shape index (κ1) is 11.5. The molecule has 0 aliphatic rings. The van der Waals surface area contributed by atoms with Crippen LogP contribution in [0.15, 0.2) is 24.3 Å². The first-order valence-corrected chi connectivity index (χ1v) is 4.68. The van der Waals surface area contributed by atoms with Crippen LogP contribution in [-0.2, 0) is 4.79 Å². The fourth-order valence-electron chi connectivity index (χ4n) is 1.01. The molecule has 1 aromatic carbocycles. The molecule has 0 heterocycles. The van der Waals surface area contributed by atoms with Gasteiger partial charge < -0.3 is 14.7 Å². The van der Waals surface area contributed by atoms with E-state index in [0.29, 0.717) is 5.75 Å². The van der Waals surface area contributed by atoms with Crippen molar-refractivity contribution >= 4 is 11.7 Å².